The molecule has 7 heteroatoms. The topological polar surface area (TPSA) is 62.7 Å². The highest BCUT2D eigenvalue weighted by molar-refractivity contribution is 7.09. The zero-order chi connectivity index (χ0) is 28.2. The number of benzene rings is 3. The highest BCUT2D eigenvalue weighted by Crippen LogP contribution is 2.39. The van der Waals surface area contributed by atoms with Gasteiger partial charge in [0.25, 0.3) is 5.91 Å². The predicted molar refractivity (Wildman–Crippen MR) is 161 cm³/mol. The Balaban J connectivity index is 1.17. The Morgan fingerprint density at radius 1 is 1.00 bits per heavy atom. The fourth-order valence-electron chi connectivity index (χ4n) is 6.07. The van der Waals surface area contributed by atoms with Gasteiger partial charge in [0.05, 0.1) is 6.04 Å². The van der Waals surface area contributed by atoms with Crippen LogP contribution in [-0.4, -0.2) is 40.2 Å². The predicted octanol–water partition coefficient (Wildman–Crippen LogP) is 6.66. The number of hydrogen-bond acceptors (Lipinski definition) is 5. The summed E-state index contributed by atoms with van der Waals surface area (Å²) >= 11 is 1.43. The zero-order valence-corrected chi connectivity index (χ0v) is 24.2. The number of hydrogen-bond donors (Lipinski definition) is 0. The van der Waals surface area contributed by atoms with Crippen LogP contribution in [0.15, 0.2) is 84.2 Å². The molecule has 0 radical (unpaired) electrons. The molecule has 6 rings (SSSR count). The average Bonchev–Trinajstić information content (AvgIpc) is 3.73. The van der Waals surface area contributed by atoms with Gasteiger partial charge in [-0.3, -0.25) is 9.59 Å². The molecule has 6 nitrogen and oxygen atoms in total. The number of ether oxygens (including phenoxy) is 1. The summed E-state index contributed by atoms with van der Waals surface area (Å²) in [4.78, 5) is 34.9. The Hall–Kier alpha value is -3.97. The summed E-state index contributed by atoms with van der Waals surface area (Å²) in [5.41, 5.74) is 5.02. The molecule has 0 N–H and O–H groups in total. The maximum Gasteiger partial charge on any atom is 0.273 e. The molecule has 0 saturated heterocycles. The van der Waals surface area contributed by atoms with Crippen molar-refractivity contribution in [3.63, 3.8) is 0 Å². The molecule has 2 aliphatic rings. The lowest BCUT2D eigenvalue weighted by Crippen LogP contribution is -2.43. The average molecular weight is 566 g/mol. The summed E-state index contributed by atoms with van der Waals surface area (Å²) in [7, 11) is 1.79. The van der Waals surface area contributed by atoms with Gasteiger partial charge in [-0.25, -0.2) is 4.98 Å². The molecule has 1 saturated carbocycles. The zero-order valence-electron chi connectivity index (χ0n) is 23.4. The van der Waals surface area contributed by atoms with Gasteiger partial charge in [-0.2, -0.15) is 0 Å². The first-order valence-electron chi connectivity index (χ1n) is 14.4. The maximum atomic E-state index is 13.7. The lowest BCUT2D eigenvalue weighted by molar-refractivity contribution is -0.137. The van der Waals surface area contributed by atoms with Gasteiger partial charge < -0.3 is 14.5 Å². The highest BCUT2D eigenvalue weighted by Gasteiger charge is 2.36. The molecule has 2 amide bonds. The van der Waals surface area contributed by atoms with Crippen LogP contribution in [0.5, 0.6) is 5.75 Å². The Morgan fingerprint density at radius 3 is 2.49 bits per heavy atom. The molecule has 0 bridgehead atoms. The second-order valence-corrected chi connectivity index (χ2v) is 11.9. The first-order valence-corrected chi connectivity index (χ1v) is 15.3. The number of amides is 2. The maximum absolute atomic E-state index is 13.7. The van der Waals surface area contributed by atoms with Gasteiger partial charge in [-0.15, -0.1) is 11.3 Å². The van der Waals surface area contributed by atoms with Crippen LogP contribution in [0.1, 0.15) is 69.5 Å². The van der Waals surface area contributed by atoms with Crippen molar-refractivity contribution in [1.29, 1.82) is 0 Å². The lowest BCUT2D eigenvalue weighted by Gasteiger charge is -2.39. The minimum Gasteiger partial charge on any atom is -0.486 e. The van der Waals surface area contributed by atoms with Crippen LogP contribution in [0, 0.1) is 5.92 Å². The normalized spacial score (nSPS) is 16.8. The van der Waals surface area contributed by atoms with E-state index in [-0.39, 0.29) is 30.4 Å². The van der Waals surface area contributed by atoms with Crippen molar-refractivity contribution >= 4 is 23.2 Å². The molecule has 2 heterocycles. The van der Waals surface area contributed by atoms with E-state index in [9.17, 15) is 9.59 Å². The lowest BCUT2D eigenvalue weighted by atomic mass is 9.87. The molecular weight excluding hydrogens is 530 g/mol. The van der Waals surface area contributed by atoms with E-state index >= 15 is 0 Å². The first kappa shape index (κ1) is 27.2. The summed E-state index contributed by atoms with van der Waals surface area (Å²) in [6.07, 6.45) is 5.11. The van der Waals surface area contributed by atoms with Gasteiger partial charge in [-0.05, 0) is 53.6 Å². The molecule has 41 heavy (non-hydrogen) atoms. The fourth-order valence-corrected chi connectivity index (χ4v) is 6.75. The number of nitrogens with zero attached hydrogens (tertiary/aromatic N) is 3. The molecule has 1 aliphatic heterocycles. The van der Waals surface area contributed by atoms with Crippen molar-refractivity contribution in [1.82, 2.24) is 14.8 Å². The van der Waals surface area contributed by atoms with Gasteiger partial charge in [0.2, 0.25) is 5.91 Å². The van der Waals surface area contributed by atoms with Crippen molar-refractivity contribution in [3.05, 3.63) is 117 Å². The van der Waals surface area contributed by atoms with E-state index < -0.39 is 0 Å². The number of carbonyl (C=O) groups is 2. The number of thiazole rings is 1. The monoisotopic (exact) mass is 565 g/mol. The van der Waals surface area contributed by atoms with Crippen LogP contribution in [0.25, 0.3) is 0 Å². The Labute approximate surface area is 245 Å². The van der Waals surface area contributed by atoms with E-state index in [1.807, 2.05) is 54.6 Å². The largest absolute Gasteiger partial charge is 0.486 e. The second kappa shape index (κ2) is 12.3. The van der Waals surface area contributed by atoms with E-state index in [1.54, 1.807) is 17.3 Å². The molecule has 0 spiro atoms. The summed E-state index contributed by atoms with van der Waals surface area (Å²) in [6.45, 7) is 1.54. The van der Waals surface area contributed by atoms with Gasteiger partial charge in [0.1, 0.15) is 23.1 Å². The van der Waals surface area contributed by atoms with Crippen molar-refractivity contribution in [2.45, 2.75) is 51.3 Å². The Bertz CT molecular complexity index is 1500. The van der Waals surface area contributed by atoms with Crippen LogP contribution in [-0.2, 0) is 24.4 Å². The third-order valence-electron chi connectivity index (χ3n) is 8.19. The van der Waals surface area contributed by atoms with Crippen LogP contribution in [0.2, 0.25) is 0 Å². The number of carbonyl (C=O) groups excluding carboxylic acids is 2. The number of aromatic nitrogens is 1. The molecule has 1 atom stereocenters. The van der Waals surface area contributed by atoms with Crippen molar-refractivity contribution in [2.24, 2.45) is 5.92 Å². The molecule has 4 aromatic rings. The number of rotatable bonds is 8. The van der Waals surface area contributed by atoms with Gasteiger partial charge in [0.15, 0.2) is 0 Å². The van der Waals surface area contributed by atoms with Crippen molar-refractivity contribution < 1.29 is 14.3 Å². The molecule has 1 fully saturated rings. The SMILES string of the molecule is CN(Cc1ccccc1)C(=O)c1csc(COc2ccc3c(c2)C(c2ccccc2)N(C(=O)C2CCCC2)CC3)n1. The standard InChI is InChI=1S/C34H35N3O3S/c1-36(21-24-10-4-2-5-11-24)34(39)30-23-41-31(35-30)22-40-28-17-16-25-18-19-37(33(38)27-14-8-9-15-27)32(29(25)20-28)26-12-6-3-7-13-26/h2-7,10-13,16-17,20,23,27,32H,8-9,14-15,18-19,21-22H2,1H3. The Kier molecular flexibility index (Phi) is 8.14. The van der Waals surface area contributed by atoms with Gasteiger partial charge in [-0.1, -0.05) is 79.6 Å². The smallest absolute Gasteiger partial charge is 0.273 e. The third kappa shape index (κ3) is 6.05. The summed E-state index contributed by atoms with van der Waals surface area (Å²) in [6, 6.07) is 26.4. The highest BCUT2D eigenvalue weighted by atomic mass is 32.1. The summed E-state index contributed by atoms with van der Waals surface area (Å²) < 4.78 is 6.21. The van der Waals surface area contributed by atoms with Crippen LogP contribution >= 0.6 is 11.3 Å². The summed E-state index contributed by atoms with van der Waals surface area (Å²) in [5, 5.41) is 2.55. The van der Waals surface area contributed by atoms with Crippen LogP contribution in [0.4, 0.5) is 0 Å². The fraction of sp³-hybridized carbons (Fsp3) is 0.324. The third-order valence-corrected chi connectivity index (χ3v) is 9.01. The minimum absolute atomic E-state index is 0.108. The van der Waals surface area contributed by atoms with E-state index in [0.717, 1.165) is 66.1 Å². The quantitative estimate of drug-likeness (QED) is 0.240. The molecule has 210 valence electrons. The van der Waals surface area contributed by atoms with Crippen LogP contribution in [0.3, 0.4) is 0 Å². The minimum atomic E-state index is -0.124. The van der Waals surface area contributed by atoms with Crippen molar-refractivity contribution in [3.8, 4) is 5.75 Å². The molecule has 1 unspecified atom stereocenters. The Morgan fingerprint density at radius 2 is 1.73 bits per heavy atom. The van der Waals surface area contributed by atoms with E-state index in [2.05, 4.69) is 34.1 Å². The number of fused-ring (bicyclic) bond motifs is 1. The molecule has 3 aromatic carbocycles. The molecule has 1 aromatic heterocycles. The van der Waals surface area contributed by atoms with Crippen LogP contribution < -0.4 is 4.74 Å². The van der Waals surface area contributed by atoms with Gasteiger partial charge >= 0.3 is 0 Å². The van der Waals surface area contributed by atoms with Gasteiger partial charge in [0, 0.05) is 31.4 Å². The molecular formula is C34H35N3O3S. The van der Waals surface area contributed by atoms with Crippen molar-refractivity contribution in [2.75, 3.05) is 13.6 Å². The summed E-state index contributed by atoms with van der Waals surface area (Å²) in [5.74, 6) is 1.05. The van der Waals surface area contributed by atoms with E-state index in [4.69, 9.17) is 4.74 Å². The first-order chi connectivity index (χ1) is 20.1. The molecule has 1 aliphatic carbocycles. The van der Waals surface area contributed by atoms with E-state index in [1.165, 1.54) is 16.9 Å². The van der Waals surface area contributed by atoms with E-state index in [0.29, 0.717) is 12.2 Å². The second-order valence-electron chi connectivity index (χ2n) is 11.0.